The van der Waals surface area contributed by atoms with Crippen LogP contribution >= 0.6 is 0 Å². The minimum atomic E-state index is -0.932. The maximum atomic E-state index is 11.6. The SMILES string of the molecule is O=C(NCCCC1CC1)NCCc1cccc(C(=O)O)c1. The molecule has 1 aliphatic rings. The third-order valence-corrected chi connectivity index (χ3v) is 3.64. The highest BCUT2D eigenvalue weighted by atomic mass is 16.4. The molecule has 114 valence electrons. The van der Waals surface area contributed by atoms with Crippen LogP contribution in [0.1, 0.15) is 41.6 Å². The summed E-state index contributed by atoms with van der Waals surface area (Å²) in [5.41, 5.74) is 1.18. The number of urea groups is 1. The van der Waals surface area contributed by atoms with Gasteiger partial charge >= 0.3 is 12.0 Å². The summed E-state index contributed by atoms with van der Waals surface area (Å²) in [6.07, 6.45) is 5.57. The standard InChI is InChI=1S/C16H22N2O3/c19-15(20)14-5-1-3-13(11-14)8-10-18-16(21)17-9-2-4-12-6-7-12/h1,3,5,11-12H,2,4,6-10H2,(H,19,20)(H2,17,18,21). The van der Waals surface area contributed by atoms with Crippen LogP contribution in [0.5, 0.6) is 0 Å². The first kappa shape index (κ1) is 15.4. The third kappa shape index (κ3) is 5.85. The molecule has 0 radical (unpaired) electrons. The molecule has 0 bridgehead atoms. The van der Waals surface area contributed by atoms with Gasteiger partial charge in [0.25, 0.3) is 0 Å². The first-order chi connectivity index (χ1) is 10.1. The molecule has 1 aromatic rings. The second-order valence-corrected chi connectivity index (χ2v) is 5.52. The lowest BCUT2D eigenvalue weighted by Gasteiger charge is -2.08. The van der Waals surface area contributed by atoms with E-state index in [1.54, 1.807) is 18.2 Å². The number of aromatic carboxylic acids is 1. The Morgan fingerprint density at radius 3 is 2.67 bits per heavy atom. The Bertz CT molecular complexity index is 498. The molecule has 2 rings (SSSR count). The molecule has 5 heteroatoms. The van der Waals surface area contributed by atoms with Gasteiger partial charge in [-0.05, 0) is 42.9 Å². The number of hydrogen-bond donors (Lipinski definition) is 3. The average molecular weight is 290 g/mol. The highest BCUT2D eigenvalue weighted by molar-refractivity contribution is 5.87. The summed E-state index contributed by atoms with van der Waals surface area (Å²) < 4.78 is 0. The van der Waals surface area contributed by atoms with Crippen LogP contribution in [0.15, 0.2) is 24.3 Å². The number of benzene rings is 1. The zero-order chi connectivity index (χ0) is 15.1. The molecule has 0 aromatic heterocycles. The normalized spacial score (nSPS) is 13.7. The molecule has 5 nitrogen and oxygen atoms in total. The zero-order valence-corrected chi connectivity index (χ0v) is 12.1. The molecule has 0 spiro atoms. The summed E-state index contributed by atoms with van der Waals surface area (Å²) in [6, 6.07) is 6.63. The van der Waals surface area contributed by atoms with Crippen LogP contribution in [0.4, 0.5) is 4.79 Å². The van der Waals surface area contributed by atoms with Crippen molar-refractivity contribution in [2.24, 2.45) is 5.92 Å². The Morgan fingerprint density at radius 2 is 1.95 bits per heavy atom. The van der Waals surface area contributed by atoms with Crippen LogP contribution in [0.25, 0.3) is 0 Å². The summed E-state index contributed by atoms with van der Waals surface area (Å²) in [7, 11) is 0. The average Bonchev–Trinajstić information content (AvgIpc) is 3.28. The molecule has 0 heterocycles. The predicted molar refractivity (Wildman–Crippen MR) is 80.5 cm³/mol. The second-order valence-electron chi connectivity index (χ2n) is 5.52. The molecule has 0 aliphatic heterocycles. The molecule has 0 atom stereocenters. The van der Waals surface area contributed by atoms with E-state index in [0.717, 1.165) is 24.4 Å². The van der Waals surface area contributed by atoms with Crippen molar-refractivity contribution in [1.82, 2.24) is 10.6 Å². The van der Waals surface area contributed by atoms with Crippen LogP contribution < -0.4 is 10.6 Å². The molecule has 1 fully saturated rings. The molecule has 1 aromatic carbocycles. The Labute approximate surface area is 124 Å². The molecular weight excluding hydrogens is 268 g/mol. The van der Waals surface area contributed by atoms with Crippen LogP contribution in [0.3, 0.4) is 0 Å². The van der Waals surface area contributed by atoms with Gasteiger partial charge in [-0.25, -0.2) is 9.59 Å². The molecule has 0 unspecified atom stereocenters. The summed E-state index contributed by atoms with van der Waals surface area (Å²) >= 11 is 0. The topological polar surface area (TPSA) is 78.4 Å². The van der Waals surface area contributed by atoms with Gasteiger partial charge in [-0.3, -0.25) is 0 Å². The predicted octanol–water partition coefficient (Wildman–Crippen LogP) is 2.42. The van der Waals surface area contributed by atoms with E-state index in [0.29, 0.717) is 13.0 Å². The van der Waals surface area contributed by atoms with E-state index in [2.05, 4.69) is 10.6 Å². The highest BCUT2D eigenvalue weighted by Crippen LogP contribution is 2.33. The van der Waals surface area contributed by atoms with E-state index in [-0.39, 0.29) is 11.6 Å². The molecule has 1 saturated carbocycles. The number of nitrogens with one attached hydrogen (secondary N) is 2. The van der Waals surface area contributed by atoms with Crippen molar-refractivity contribution in [2.45, 2.75) is 32.1 Å². The van der Waals surface area contributed by atoms with Gasteiger partial charge in [-0.2, -0.15) is 0 Å². The maximum Gasteiger partial charge on any atom is 0.335 e. The second kappa shape index (κ2) is 7.67. The maximum absolute atomic E-state index is 11.6. The Hall–Kier alpha value is -2.04. The number of carbonyl (C=O) groups excluding carboxylic acids is 1. The van der Waals surface area contributed by atoms with Crippen molar-refractivity contribution in [2.75, 3.05) is 13.1 Å². The van der Waals surface area contributed by atoms with E-state index in [1.807, 2.05) is 6.07 Å². The largest absolute Gasteiger partial charge is 0.478 e. The lowest BCUT2D eigenvalue weighted by molar-refractivity contribution is 0.0696. The third-order valence-electron chi connectivity index (χ3n) is 3.64. The van der Waals surface area contributed by atoms with Crippen molar-refractivity contribution in [3.8, 4) is 0 Å². The summed E-state index contributed by atoms with van der Waals surface area (Å²) in [5.74, 6) is -0.0328. The van der Waals surface area contributed by atoms with E-state index in [1.165, 1.54) is 19.3 Å². The fourth-order valence-electron chi connectivity index (χ4n) is 2.24. The Morgan fingerprint density at radius 1 is 1.19 bits per heavy atom. The van der Waals surface area contributed by atoms with Crippen molar-refractivity contribution in [1.29, 1.82) is 0 Å². The van der Waals surface area contributed by atoms with Crippen LogP contribution in [-0.2, 0) is 6.42 Å². The number of carboxylic acids is 1. The van der Waals surface area contributed by atoms with Gasteiger partial charge < -0.3 is 15.7 Å². The summed E-state index contributed by atoms with van der Waals surface area (Å²) in [4.78, 5) is 22.4. The molecule has 2 amide bonds. The number of carbonyl (C=O) groups is 2. The van der Waals surface area contributed by atoms with Gasteiger partial charge in [-0.15, -0.1) is 0 Å². The first-order valence-electron chi connectivity index (χ1n) is 7.49. The summed E-state index contributed by atoms with van der Waals surface area (Å²) in [5, 5.41) is 14.5. The van der Waals surface area contributed by atoms with E-state index in [9.17, 15) is 9.59 Å². The minimum Gasteiger partial charge on any atom is -0.478 e. The quantitative estimate of drug-likeness (QED) is 0.643. The molecule has 21 heavy (non-hydrogen) atoms. The van der Waals surface area contributed by atoms with Crippen LogP contribution in [-0.4, -0.2) is 30.2 Å². The molecule has 1 aliphatic carbocycles. The zero-order valence-electron chi connectivity index (χ0n) is 12.1. The van der Waals surface area contributed by atoms with Crippen molar-refractivity contribution in [3.63, 3.8) is 0 Å². The molecule has 3 N–H and O–H groups in total. The molecule has 0 saturated heterocycles. The van der Waals surface area contributed by atoms with E-state index >= 15 is 0 Å². The van der Waals surface area contributed by atoms with Gasteiger partial charge in [0.05, 0.1) is 5.56 Å². The number of hydrogen-bond acceptors (Lipinski definition) is 2. The van der Waals surface area contributed by atoms with Crippen molar-refractivity contribution in [3.05, 3.63) is 35.4 Å². The molecular formula is C16H22N2O3. The smallest absolute Gasteiger partial charge is 0.335 e. The van der Waals surface area contributed by atoms with E-state index in [4.69, 9.17) is 5.11 Å². The lowest BCUT2D eigenvalue weighted by atomic mass is 10.1. The van der Waals surface area contributed by atoms with Gasteiger partial charge in [0, 0.05) is 13.1 Å². The Kier molecular flexibility index (Phi) is 5.60. The van der Waals surface area contributed by atoms with Crippen LogP contribution in [0.2, 0.25) is 0 Å². The van der Waals surface area contributed by atoms with Gasteiger partial charge in [0.15, 0.2) is 0 Å². The van der Waals surface area contributed by atoms with Crippen molar-refractivity contribution >= 4 is 12.0 Å². The van der Waals surface area contributed by atoms with Gasteiger partial charge in [-0.1, -0.05) is 25.0 Å². The summed E-state index contributed by atoms with van der Waals surface area (Å²) in [6.45, 7) is 1.22. The lowest BCUT2D eigenvalue weighted by Crippen LogP contribution is -2.37. The monoisotopic (exact) mass is 290 g/mol. The van der Waals surface area contributed by atoms with Gasteiger partial charge in [0.1, 0.15) is 0 Å². The Balaban J connectivity index is 1.60. The fourth-order valence-corrected chi connectivity index (χ4v) is 2.24. The van der Waals surface area contributed by atoms with Gasteiger partial charge in [0.2, 0.25) is 0 Å². The van der Waals surface area contributed by atoms with E-state index < -0.39 is 5.97 Å². The fraction of sp³-hybridized carbons (Fsp3) is 0.500. The number of carboxylic acid groups (broad SMARTS) is 1. The first-order valence-corrected chi connectivity index (χ1v) is 7.49. The van der Waals surface area contributed by atoms with Crippen molar-refractivity contribution < 1.29 is 14.7 Å². The highest BCUT2D eigenvalue weighted by Gasteiger charge is 2.19. The minimum absolute atomic E-state index is 0.153. The number of rotatable bonds is 8. The van der Waals surface area contributed by atoms with Crippen LogP contribution in [0, 0.1) is 5.92 Å². The number of amides is 2.